The first kappa shape index (κ1) is 28.9. The number of amides is 2. The Labute approximate surface area is 246 Å². The van der Waals surface area contributed by atoms with E-state index >= 15 is 0 Å². The number of carbonyl (C=O) groups is 2. The molecule has 0 unspecified atom stereocenters. The molecule has 0 aliphatic rings. The molecule has 0 aliphatic heterocycles. The van der Waals surface area contributed by atoms with Gasteiger partial charge in [0, 0.05) is 61.6 Å². The Hall–Kier alpha value is -4.62. The molecule has 0 saturated carbocycles. The molecule has 0 spiro atoms. The summed E-state index contributed by atoms with van der Waals surface area (Å²) in [7, 11) is 3.27. The average molecular weight is 564 g/mol. The van der Waals surface area contributed by atoms with Gasteiger partial charge in [-0.3, -0.25) is 9.59 Å². The van der Waals surface area contributed by atoms with Gasteiger partial charge in [0.15, 0.2) is 0 Å². The summed E-state index contributed by atoms with van der Waals surface area (Å²) in [4.78, 5) is 34.6. The Morgan fingerprint density at radius 2 is 1.55 bits per heavy atom. The van der Waals surface area contributed by atoms with Gasteiger partial charge in [0.25, 0.3) is 5.91 Å². The van der Waals surface area contributed by atoms with Gasteiger partial charge < -0.3 is 24.3 Å². The fraction of sp³-hybridized carbons (Fsp3) is 0.257. The maximum Gasteiger partial charge on any atom is 0.254 e. The molecule has 42 heavy (non-hydrogen) atoms. The highest BCUT2D eigenvalue weighted by molar-refractivity contribution is 6.00. The van der Waals surface area contributed by atoms with Crippen molar-refractivity contribution in [1.82, 2.24) is 14.8 Å². The van der Waals surface area contributed by atoms with Crippen LogP contribution in [0.4, 0.5) is 0 Å². The van der Waals surface area contributed by atoms with E-state index in [4.69, 9.17) is 9.47 Å². The lowest BCUT2D eigenvalue weighted by Gasteiger charge is -2.28. The number of fused-ring (bicyclic) bond motifs is 2. The zero-order valence-electron chi connectivity index (χ0n) is 24.2. The number of carbonyl (C=O) groups excluding carboxylic acids is 2. The van der Waals surface area contributed by atoms with Crippen LogP contribution in [0, 0.1) is 0 Å². The molecule has 0 saturated heterocycles. The van der Waals surface area contributed by atoms with Gasteiger partial charge in [0.2, 0.25) is 5.91 Å². The van der Waals surface area contributed by atoms with Crippen LogP contribution in [0.1, 0.15) is 27.9 Å². The summed E-state index contributed by atoms with van der Waals surface area (Å²) >= 11 is 0. The van der Waals surface area contributed by atoms with Crippen LogP contribution in [0.25, 0.3) is 21.7 Å². The minimum atomic E-state index is -0.168. The van der Waals surface area contributed by atoms with Crippen molar-refractivity contribution in [2.75, 3.05) is 40.5 Å². The SMILES string of the molecule is COCCCN(CC(=O)N(CCc1c[nH]c2ccccc12)Cc1ccccc1OC)C(=O)c1ccc2ccccc2c1. The van der Waals surface area contributed by atoms with Crippen molar-refractivity contribution in [3.8, 4) is 5.75 Å². The first-order chi connectivity index (χ1) is 20.6. The van der Waals surface area contributed by atoms with Gasteiger partial charge in [-0.05, 0) is 53.4 Å². The minimum absolute atomic E-state index is 0.0294. The molecule has 5 rings (SSSR count). The number of ether oxygens (including phenoxy) is 2. The zero-order chi connectivity index (χ0) is 29.3. The predicted octanol–water partition coefficient (Wildman–Crippen LogP) is 6.08. The van der Waals surface area contributed by atoms with Gasteiger partial charge in [-0.2, -0.15) is 0 Å². The van der Waals surface area contributed by atoms with Crippen LogP contribution in [-0.4, -0.2) is 67.1 Å². The molecule has 1 N–H and O–H groups in total. The summed E-state index contributed by atoms with van der Waals surface area (Å²) in [5.41, 5.74) is 3.70. The Kier molecular flexibility index (Phi) is 9.51. The monoisotopic (exact) mass is 563 g/mol. The number of aromatic nitrogens is 1. The highest BCUT2D eigenvalue weighted by Gasteiger charge is 2.24. The number of methoxy groups -OCH3 is 2. The predicted molar refractivity (Wildman–Crippen MR) is 167 cm³/mol. The second-order valence-corrected chi connectivity index (χ2v) is 10.4. The number of H-pyrrole nitrogens is 1. The van der Waals surface area contributed by atoms with Crippen LogP contribution in [0.2, 0.25) is 0 Å². The molecule has 0 fully saturated rings. The normalized spacial score (nSPS) is 11.1. The van der Waals surface area contributed by atoms with Gasteiger partial charge in [-0.15, -0.1) is 0 Å². The average Bonchev–Trinajstić information content (AvgIpc) is 3.45. The standard InChI is InChI=1S/C35H37N3O4/c1-41-21-9-19-38(35(40)28-17-16-26-10-3-4-11-27(26)22-28)25-34(39)37(24-30-12-5-8-15-33(30)42-2)20-18-29-23-36-32-14-7-6-13-31(29)32/h3-8,10-17,22-23,36H,9,18-21,24-25H2,1-2H3. The quantitative estimate of drug-likeness (QED) is 0.176. The van der Waals surface area contributed by atoms with Crippen LogP contribution in [0.5, 0.6) is 5.75 Å². The van der Waals surface area contributed by atoms with Crippen LogP contribution in [-0.2, 0) is 22.5 Å². The summed E-state index contributed by atoms with van der Waals surface area (Å²) in [6.45, 7) is 1.76. The van der Waals surface area contributed by atoms with E-state index in [0.717, 1.165) is 38.6 Å². The zero-order valence-corrected chi connectivity index (χ0v) is 24.2. The number of nitrogens with one attached hydrogen (secondary N) is 1. The fourth-order valence-electron chi connectivity index (χ4n) is 5.35. The van der Waals surface area contributed by atoms with Crippen LogP contribution >= 0.6 is 0 Å². The van der Waals surface area contributed by atoms with Gasteiger partial charge in [-0.25, -0.2) is 0 Å². The molecule has 2 amide bonds. The number of hydrogen-bond acceptors (Lipinski definition) is 4. The number of rotatable bonds is 13. The number of nitrogens with zero attached hydrogens (tertiary/aromatic N) is 2. The molecule has 216 valence electrons. The lowest BCUT2D eigenvalue weighted by Crippen LogP contribution is -2.44. The molecule has 0 bridgehead atoms. The van der Waals surface area contributed by atoms with Crippen molar-refractivity contribution < 1.29 is 19.1 Å². The second kappa shape index (κ2) is 13.8. The summed E-state index contributed by atoms with van der Waals surface area (Å²) in [6, 6.07) is 29.5. The van der Waals surface area contributed by atoms with Crippen LogP contribution < -0.4 is 4.74 Å². The number of benzene rings is 4. The second-order valence-electron chi connectivity index (χ2n) is 10.4. The first-order valence-corrected chi connectivity index (χ1v) is 14.3. The van der Waals surface area contributed by atoms with Crippen molar-refractivity contribution >= 4 is 33.5 Å². The van der Waals surface area contributed by atoms with Gasteiger partial charge >= 0.3 is 0 Å². The maximum absolute atomic E-state index is 14.0. The fourth-order valence-corrected chi connectivity index (χ4v) is 5.35. The smallest absolute Gasteiger partial charge is 0.254 e. The molecule has 1 aromatic heterocycles. The van der Waals surface area contributed by atoms with Gasteiger partial charge in [0.1, 0.15) is 12.3 Å². The Morgan fingerprint density at radius 1 is 0.786 bits per heavy atom. The minimum Gasteiger partial charge on any atom is -0.496 e. The molecule has 0 radical (unpaired) electrons. The molecule has 5 aromatic rings. The number of aromatic amines is 1. The van der Waals surface area contributed by atoms with Crippen molar-refractivity contribution in [2.24, 2.45) is 0 Å². The van der Waals surface area contributed by atoms with E-state index in [1.54, 1.807) is 19.1 Å². The highest BCUT2D eigenvalue weighted by Crippen LogP contribution is 2.23. The van der Waals surface area contributed by atoms with E-state index < -0.39 is 0 Å². The number of para-hydroxylation sites is 2. The van der Waals surface area contributed by atoms with Gasteiger partial charge in [-0.1, -0.05) is 66.7 Å². The van der Waals surface area contributed by atoms with E-state index in [9.17, 15) is 9.59 Å². The summed E-state index contributed by atoms with van der Waals surface area (Å²) in [5, 5.41) is 3.20. The van der Waals surface area contributed by atoms with Crippen molar-refractivity contribution in [3.63, 3.8) is 0 Å². The molecule has 1 heterocycles. The number of hydrogen-bond donors (Lipinski definition) is 1. The third kappa shape index (κ3) is 6.81. The summed E-state index contributed by atoms with van der Waals surface area (Å²) < 4.78 is 10.8. The molecular weight excluding hydrogens is 526 g/mol. The van der Waals surface area contributed by atoms with E-state index in [0.29, 0.717) is 44.6 Å². The third-order valence-electron chi connectivity index (χ3n) is 7.62. The van der Waals surface area contributed by atoms with E-state index in [1.165, 1.54) is 0 Å². The Balaban J connectivity index is 1.39. The largest absolute Gasteiger partial charge is 0.496 e. The molecule has 7 heteroatoms. The molecule has 7 nitrogen and oxygen atoms in total. The summed E-state index contributed by atoms with van der Waals surface area (Å²) in [5.74, 6) is 0.443. The molecule has 4 aromatic carbocycles. The van der Waals surface area contributed by atoms with Crippen molar-refractivity contribution in [1.29, 1.82) is 0 Å². The van der Waals surface area contributed by atoms with E-state index in [-0.39, 0.29) is 18.4 Å². The third-order valence-corrected chi connectivity index (χ3v) is 7.62. The van der Waals surface area contributed by atoms with Crippen LogP contribution in [0.15, 0.2) is 97.2 Å². The molecule has 0 atom stereocenters. The van der Waals surface area contributed by atoms with E-state index in [1.807, 2.05) is 96.0 Å². The summed E-state index contributed by atoms with van der Waals surface area (Å²) in [6.07, 6.45) is 3.31. The first-order valence-electron chi connectivity index (χ1n) is 14.3. The molecule has 0 aliphatic carbocycles. The molecular formula is C35H37N3O4. The topological polar surface area (TPSA) is 74.9 Å². The Bertz CT molecular complexity index is 1660. The highest BCUT2D eigenvalue weighted by atomic mass is 16.5. The van der Waals surface area contributed by atoms with Gasteiger partial charge in [0.05, 0.1) is 7.11 Å². The van der Waals surface area contributed by atoms with Crippen molar-refractivity contribution in [2.45, 2.75) is 19.4 Å². The van der Waals surface area contributed by atoms with E-state index in [2.05, 4.69) is 11.1 Å². The Morgan fingerprint density at radius 3 is 2.38 bits per heavy atom. The lowest BCUT2D eigenvalue weighted by atomic mass is 10.1. The van der Waals surface area contributed by atoms with Crippen molar-refractivity contribution in [3.05, 3.63) is 114 Å². The van der Waals surface area contributed by atoms with Crippen LogP contribution in [0.3, 0.4) is 0 Å². The lowest BCUT2D eigenvalue weighted by molar-refractivity contribution is -0.132. The maximum atomic E-state index is 14.0.